The summed E-state index contributed by atoms with van der Waals surface area (Å²) >= 11 is 0. The largest absolute Gasteiger partial charge is 0.377 e. The molecule has 0 fully saturated rings. The maximum Gasteiger partial charge on any atom is 0.214 e. The minimum Gasteiger partial charge on any atom is -0.377 e. The zero-order valence-electron chi connectivity index (χ0n) is 9.08. The Labute approximate surface area is 94.3 Å². The molecule has 0 unspecified atom stereocenters. The van der Waals surface area contributed by atoms with Crippen molar-refractivity contribution in [3.8, 4) is 0 Å². The van der Waals surface area contributed by atoms with Gasteiger partial charge < -0.3 is 10.1 Å². The number of anilines is 1. The molecule has 0 bridgehead atoms. The quantitative estimate of drug-likeness (QED) is 0.627. The molecule has 4 heteroatoms. The fourth-order valence-electron chi connectivity index (χ4n) is 1.65. The van der Waals surface area contributed by atoms with Gasteiger partial charge in [-0.1, -0.05) is 17.7 Å². The van der Waals surface area contributed by atoms with Crippen molar-refractivity contribution in [3.05, 3.63) is 35.8 Å². The summed E-state index contributed by atoms with van der Waals surface area (Å²) < 4.78 is 18.0. The Balaban J connectivity index is 1.77. The highest BCUT2D eigenvalue weighted by atomic mass is 19.1. The Bertz CT molecular complexity index is 379. The van der Waals surface area contributed by atoms with E-state index in [1.54, 1.807) is 12.1 Å². The van der Waals surface area contributed by atoms with Gasteiger partial charge >= 0.3 is 0 Å². The molecule has 0 saturated carbocycles. The molecule has 1 aliphatic heterocycles. The number of hydrogen-bond donors (Lipinski definition) is 1. The van der Waals surface area contributed by atoms with Gasteiger partial charge in [0.1, 0.15) is 5.82 Å². The lowest BCUT2D eigenvalue weighted by molar-refractivity contribution is 0.153. The fraction of sp³-hybridized carbons (Fsp3) is 0.417. The molecule has 86 valence electrons. The zero-order chi connectivity index (χ0) is 11.2. The maximum absolute atomic E-state index is 12.8. The highest BCUT2D eigenvalue weighted by molar-refractivity contribution is 5.33. The van der Waals surface area contributed by atoms with Crippen LogP contribution in [0.4, 0.5) is 10.2 Å². The molecule has 0 atom stereocenters. The lowest BCUT2D eigenvalue weighted by atomic mass is 10.1. The monoisotopic (exact) mass is 222 g/mol. The normalized spacial score (nSPS) is 15.7. The van der Waals surface area contributed by atoms with Crippen LogP contribution in [0, 0.1) is 5.95 Å². The molecule has 1 aliphatic rings. The summed E-state index contributed by atoms with van der Waals surface area (Å²) in [5.74, 6) is 0.142. The van der Waals surface area contributed by atoms with Gasteiger partial charge in [0, 0.05) is 6.54 Å². The van der Waals surface area contributed by atoms with Crippen LogP contribution in [-0.2, 0) is 4.74 Å². The van der Waals surface area contributed by atoms with Crippen molar-refractivity contribution in [2.45, 2.75) is 12.8 Å². The van der Waals surface area contributed by atoms with E-state index in [-0.39, 0.29) is 0 Å². The second-order valence-electron chi connectivity index (χ2n) is 3.71. The van der Waals surface area contributed by atoms with E-state index in [0.29, 0.717) is 12.4 Å². The van der Waals surface area contributed by atoms with Gasteiger partial charge in [-0.3, -0.25) is 0 Å². The van der Waals surface area contributed by atoms with E-state index in [4.69, 9.17) is 4.74 Å². The van der Waals surface area contributed by atoms with Crippen molar-refractivity contribution in [1.29, 1.82) is 0 Å². The van der Waals surface area contributed by atoms with Crippen molar-refractivity contribution in [3.63, 3.8) is 0 Å². The van der Waals surface area contributed by atoms with Gasteiger partial charge in [0.2, 0.25) is 5.95 Å². The summed E-state index contributed by atoms with van der Waals surface area (Å²) in [7, 11) is 0. The second-order valence-corrected chi connectivity index (χ2v) is 3.71. The van der Waals surface area contributed by atoms with Gasteiger partial charge in [0.15, 0.2) is 0 Å². The number of pyridine rings is 1. The molecule has 1 aromatic heterocycles. The average Bonchev–Trinajstić information content (AvgIpc) is 2.30. The summed E-state index contributed by atoms with van der Waals surface area (Å²) in [4.78, 5) is 3.73. The SMILES string of the molecule is Fc1cccc(NCCC2=CCOCC2)n1. The number of hydrogen-bond acceptors (Lipinski definition) is 3. The summed E-state index contributed by atoms with van der Waals surface area (Å²) in [6.07, 6.45) is 4.07. The smallest absolute Gasteiger partial charge is 0.214 e. The van der Waals surface area contributed by atoms with Gasteiger partial charge in [0.05, 0.1) is 13.2 Å². The Morgan fingerprint density at radius 1 is 1.44 bits per heavy atom. The zero-order valence-corrected chi connectivity index (χ0v) is 9.08. The van der Waals surface area contributed by atoms with Gasteiger partial charge in [-0.05, 0) is 25.0 Å². The van der Waals surface area contributed by atoms with E-state index in [9.17, 15) is 4.39 Å². The molecule has 16 heavy (non-hydrogen) atoms. The molecule has 0 radical (unpaired) electrons. The van der Waals surface area contributed by atoms with Crippen LogP contribution in [0.15, 0.2) is 29.8 Å². The number of nitrogens with one attached hydrogen (secondary N) is 1. The fourth-order valence-corrected chi connectivity index (χ4v) is 1.65. The third kappa shape index (κ3) is 3.31. The van der Waals surface area contributed by atoms with Crippen molar-refractivity contribution in [1.82, 2.24) is 4.98 Å². The lowest BCUT2D eigenvalue weighted by Crippen LogP contribution is -2.09. The van der Waals surface area contributed by atoms with Gasteiger partial charge in [-0.25, -0.2) is 4.98 Å². The van der Waals surface area contributed by atoms with Crippen LogP contribution in [0.25, 0.3) is 0 Å². The second kappa shape index (κ2) is 5.61. The molecule has 1 aromatic rings. The van der Waals surface area contributed by atoms with Crippen LogP contribution < -0.4 is 5.32 Å². The maximum atomic E-state index is 12.8. The Morgan fingerprint density at radius 2 is 2.38 bits per heavy atom. The predicted molar refractivity (Wildman–Crippen MR) is 60.8 cm³/mol. The minimum absolute atomic E-state index is 0.449. The molecule has 0 spiro atoms. The first kappa shape index (κ1) is 11.1. The molecule has 1 N–H and O–H groups in total. The van der Waals surface area contributed by atoms with E-state index in [0.717, 1.165) is 26.0 Å². The van der Waals surface area contributed by atoms with Gasteiger partial charge in [-0.15, -0.1) is 0 Å². The van der Waals surface area contributed by atoms with Crippen molar-refractivity contribution < 1.29 is 9.13 Å². The van der Waals surface area contributed by atoms with E-state index >= 15 is 0 Å². The molecule has 2 rings (SSSR count). The first-order valence-electron chi connectivity index (χ1n) is 5.47. The summed E-state index contributed by atoms with van der Waals surface area (Å²) in [5, 5.41) is 3.10. The Morgan fingerprint density at radius 3 is 3.12 bits per heavy atom. The Kier molecular flexibility index (Phi) is 3.88. The molecule has 0 saturated heterocycles. The van der Waals surface area contributed by atoms with Crippen LogP contribution >= 0.6 is 0 Å². The van der Waals surface area contributed by atoms with Crippen LogP contribution in [-0.4, -0.2) is 24.7 Å². The molecule has 0 aliphatic carbocycles. The number of rotatable bonds is 4. The number of aromatic nitrogens is 1. The predicted octanol–water partition coefficient (Wildman–Crippen LogP) is 2.37. The van der Waals surface area contributed by atoms with E-state index in [1.807, 2.05) is 0 Å². The highest BCUT2D eigenvalue weighted by Crippen LogP contribution is 2.12. The summed E-state index contributed by atoms with van der Waals surface area (Å²) in [5.41, 5.74) is 1.40. The molecule has 0 amide bonds. The van der Waals surface area contributed by atoms with E-state index < -0.39 is 5.95 Å². The van der Waals surface area contributed by atoms with Crippen LogP contribution in [0.5, 0.6) is 0 Å². The van der Waals surface area contributed by atoms with Crippen LogP contribution in [0.2, 0.25) is 0 Å². The van der Waals surface area contributed by atoms with Crippen molar-refractivity contribution in [2.75, 3.05) is 25.1 Å². The van der Waals surface area contributed by atoms with E-state index in [1.165, 1.54) is 11.6 Å². The third-order valence-corrected chi connectivity index (χ3v) is 2.52. The molecular weight excluding hydrogens is 207 g/mol. The van der Waals surface area contributed by atoms with Crippen molar-refractivity contribution >= 4 is 5.82 Å². The third-order valence-electron chi connectivity index (χ3n) is 2.52. The van der Waals surface area contributed by atoms with Crippen LogP contribution in [0.3, 0.4) is 0 Å². The summed E-state index contributed by atoms with van der Waals surface area (Å²) in [6, 6.07) is 4.76. The number of ether oxygens (including phenoxy) is 1. The molecule has 2 heterocycles. The van der Waals surface area contributed by atoms with Crippen LogP contribution in [0.1, 0.15) is 12.8 Å². The molecule has 0 aromatic carbocycles. The molecular formula is C12H15FN2O. The van der Waals surface area contributed by atoms with Gasteiger partial charge in [0.25, 0.3) is 0 Å². The first-order chi connectivity index (χ1) is 7.84. The molecule has 3 nitrogen and oxygen atoms in total. The first-order valence-corrected chi connectivity index (χ1v) is 5.47. The number of halogens is 1. The number of nitrogens with zero attached hydrogens (tertiary/aromatic N) is 1. The lowest BCUT2D eigenvalue weighted by Gasteiger charge is -2.13. The Hall–Kier alpha value is -1.42. The van der Waals surface area contributed by atoms with Gasteiger partial charge in [-0.2, -0.15) is 4.39 Å². The minimum atomic E-state index is -0.449. The topological polar surface area (TPSA) is 34.1 Å². The summed E-state index contributed by atoms with van der Waals surface area (Å²) in [6.45, 7) is 2.31. The standard InChI is InChI=1S/C12H15FN2O/c13-11-2-1-3-12(15-11)14-7-4-10-5-8-16-9-6-10/h1-3,5H,4,6-9H2,(H,14,15). The van der Waals surface area contributed by atoms with E-state index in [2.05, 4.69) is 16.4 Å². The average molecular weight is 222 g/mol. The highest BCUT2D eigenvalue weighted by Gasteiger charge is 2.03. The van der Waals surface area contributed by atoms with Crippen molar-refractivity contribution in [2.24, 2.45) is 0 Å².